The first kappa shape index (κ1) is 27.0. The maximum Gasteiger partial charge on any atom is 0.269 e. The van der Waals surface area contributed by atoms with E-state index >= 15 is 0 Å². The van der Waals surface area contributed by atoms with Crippen LogP contribution in [-0.4, -0.2) is 14.1 Å². The molecular weight excluding hydrogens is 769 g/mol. The van der Waals surface area contributed by atoms with Crippen molar-refractivity contribution in [2.24, 2.45) is 5.92 Å². The molecule has 0 atom stereocenters. The van der Waals surface area contributed by atoms with Crippen LogP contribution in [0.5, 0.6) is 11.5 Å². The normalized spacial score (nSPS) is 14.5. The Hall–Kier alpha value is -8.02. The quantitative estimate of drug-likeness (QED) is 0.102. The molecule has 0 aliphatic carbocycles. The van der Waals surface area contributed by atoms with Crippen LogP contribution in [0.3, 0.4) is 0 Å². The number of pyridine rings is 1. The Labute approximate surface area is 384 Å². The molecular formula is C58H44N4O. The van der Waals surface area contributed by atoms with Gasteiger partial charge in [-0.2, -0.15) is 0 Å². The van der Waals surface area contributed by atoms with E-state index in [-0.39, 0.29) is 33.9 Å². The van der Waals surface area contributed by atoms with Crippen molar-refractivity contribution in [2.45, 2.75) is 20.2 Å². The second-order valence-corrected chi connectivity index (χ2v) is 15.4. The number of ether oxygens (including phenoxy) is 1. The summed E-state index contributed by atoms with van der Waals surface area (Å²) < 4.78 is 118. The summed E-state index contributed by atoms with van der Waals surface area (Å²) in [5, 5.41) is 1.94. The predicted octanol–water partition coefficient (Wildman–Crippen LogP) is 14.2. The Kier molecular flexibility index (Phi) is 6.91. The molecule has 0 saturated carbocycles. The van der Waals surface area contributed by atoms with Crippen molar-refractivity contribution in [2.75, 3.05) is 0 Å². The largest absolute Gasteiger partial charge is 0.458 e. The lowest BCUT2D eigenvalue weighted by Gasteiger charge is -2.17. The number of hydrogen-bond donors (Lipinski definition) is 0. The number of hydrogen-bond acceptors (Lipinski definition) is 2. The van der Waals surface area contributed by atoms with E-state index in [0.717, 1.165) is 32.9 Å². The highest BCUT2D eigenvalue weighted by atomic mass is 16.5. The van der Waals surface area contributed by atoms with Gasteiger partial charge in [0.25, 0.3) is 6.33 Å². The lowest BCUT2D eigenvalue weighted by molar-refractivity contribution is -0.571. The minimum atomic E-state index is -1.60. The molecule has 0 aliphatic heterocycles. The molecule has 0 amide bonds. The van der Waals surface area contributed by atoms with E-state index in [1.165, 1.54) is 0 Å². The summed E-state index contributed by atoms with van der Waals surface area (Å²) in [6, 6.07) is 39.5. The van der Waals surface area contributed by atoms with Crippen LogP contribution in [0.1, 0.15) is 35.9 Å². The Morgan fingerprint density at radius 3 is 2.06 bits per heavy atom. The standard InChI is InChI=1S/C58H44N4O/c1-40(2)34-41-32-33-59-57(35-41)62-53-27-13-12-24-51(53)52-30-29-48(38-55(52)62)63-47-23-14-22-46(37-47)60-39-61(56-36-45(28-31-54(56)60)42-16-6-3-7-17-42)58-49(43-18-8-4-9-19-43)25-15-26-50(58)44-20-10-5-11-21-44/h3-33,35-38,40H,34H2,1-2H3/i4D,5D,8D,9D,10D,11D,18D,19D,20D,21D,34D2. The molecule has 0 bridgehead atoms. The number of aromatic nitrogens is 4. The molecule has 8 aromatic carbocycles. The van der Waals surface area contributed by atoms with E-state index in [2.05, 4.69) is 6.33 Å². The van der Waals surface area contributed by atoms with Gasteiger partial charge < -0.3 is 4.74 Å². The van der Waals surface area contributed by atoms with Crippen molar-refractivity contribution in [3.8, 4) is 62.1 Å². The average molecular weight is 825 g/mol. The maximum atomic E-state index is 9.14. The first-order valence-electron chi connectivity index (χ1n) is 26.6. The number of rotatable bonds is 10. The summed E-state index contributed by atoms with van der Waals surface area (Å²) in [5.41, 5.74) is 5.72. The van der Waals surface area contributed by atoms with Crippen LogP contribution in [0, 0.1) is 12.2 Å². The highest BCUT2D eigenvalue weighted by Crippen LogP contribution is 2.38. The van der Waals surface area contributed by atoms with Gasteiger partial charge in [-0.15, -0.1) is 0 Å². The zero-order valence-corrected chi connectivity index (χ0v) is 34.2. The fourth-order valence-electron chi connectivity index (χ4n) is 8.28. The highest BCUT2D eigenvalue weighted by molar-refractivity contribution is 6.09. The maximum absolute atomic E-state index is 9.14. The van der Waals surface area contributed by atoms with Gasteiger partial charge in [0.05, 0.1) is 47.1 Å². The monoisotopic (exact) mass is 824 g/mol. The minimum Gasteiger partial charge on any atom is -0.458 e. The molecule has 3 heterocycles. The van der Waals surface area contributed by atoms with E-state index in [1.807, 2.05) is 134 Å². The van der Waals surface area contributed by atoms with Crippen molar-refractivity contribution in [1.29, 1.82) is 0 Å². The number of imidazole rings is 1. The lowest BCUT2D eigenvalue weighted by atomic mass is 9.95. The van der Waals surface area contributed by atoms with E-state index in [1.54, 1.807) is 45.7 Å². The van der Waals surface area contributed by atoms with Crippen LogP contribution in [0.25, 0.3) is 83.4 Å². The zero-order chi connectivity index (χ0) is 52.8. The molecule has 0 unspecified atom stereocenters. The number of benzene rings is 8. The molecule has 0 saturated heterocycles. The van der Waals surface area contributed by atoms with Crippen molar-refractivity contribution in [3.05, 3.63) is 224 Å². The van der Waals surface area contributed by atoms with Gasteiger partial charge >= 0.3 is 0 Å². The first-order chi connectivity index (χ1) is 36.0. The molecule has 302 valence electrons. The van der Waals surface area contributed by atoms with E-state index in [4.69, 9.17) is 26.2 Å². The summed E-state index contributed by atoms with van der Waals surface area (Å²) in [7, 11) is 0. The van der Waals surface area contributed by atoms with Crippen LogP contribution in [-0.2, 0) is 6.37 Å². The van der Waals surface area contributed by atoms with E-state index < -0.39 is 66.8 Å². The zero-order valence-electron chi connectivity index (χ0n) is 46.2. The Morgan fingerprint density at radius 1 is 0.603 bits per heavy atom. The molecule has 11 aromatic rings. The molecule has 63 heavy (non-hydrogen) atoms. The van der Waals surface area contributed by atoms with Gasteiger partial charge in [0.2, 0.25) is 0 Å². The van der Waals surface area contributed by atoms with Crippen LogP contribution in [0.4, 0.5) is 0 Å². The molecule has 11 rings (SSSR count). The van der Waals surface area contributed by atoms with Crippen molar-refractivity contribution < 1.29 is 25.8 Å². The topological polar surface area (TPSA) is 35.9 Å². The summed E-state index contributed by atoms with van der Waals surface area (Å²) in [6.45, 7) is 3.71. The van der Waals surface area contributed by atoms with Gasteiger partial charge in [-0.3, -0.25) is 13.7 Å². The summed E-state index contributed by atoms with van der Waals surface area (Å²) in [4.78, 5) is 4.73. The summed E-state index contributed by atoms with van der Waals surface area (Å²) >= 11 is 0. The number of fused-ring (bicyclic) bond motifs is 4. The van der Waals surface area contributed by atoms with Crippen LogP contribution >= 0.6 is 0 Å². The second kappa shape index (κ2) is 16.1. The molecule has 0 spiro atoms. The summed E-state index contributed by atoms with van der Waals surface area (Å²) in [5.74, 6) is 1.25. The third kappa shape index (κ3) is 7.13. The van der Waals surface area contributed by atoms with Gasteiger partial charge in [0, 0.05) is 25.8 Å². The fraction of sp³-hybridized carbons (Fsp3) is 0.0690. The second-order valence-electron chi connectivity index (χ2n) is 15.4. The lowest BCUT2D eigenvalue weighted by Crippen LogP contribution is -2.31. The Balaban J connectivity index is 1.12. The Bertz CT molecular complexity index is 3990. The average Bonchev–Trinajstić information content (AvgIpc) is 3.97. The Morgan fingerprint density at radius 2 is 1.30 bits per heavy atom. The molecule has 5 nitrogen and oxygen atoms in total. The SMILES string of the molecule is [2H]c1c([2H])c([2H])c(-c2cccc(-c3c([2H])c([2H])c([2H])c([2H])c3[2H])c2-[n+]2[c-]n(-c3cccc(Oc4ccc5c6ccccc6n(-c6cc(C([2H])([2H])C(C)C)ccn6)c5c4)c3)c3ccc(-c4ccccc4)cc32)c([2H])c1[2H]. The third-order valence-corrected chi connectivity index (χ3v) is 10.9. The van der Waals surface area contributed by atoms with Gasteiger partial charge in [-0.05, 0) is 106 Å². The van der Waals surface area contributed by atoms with Crippen molar-refractivity contribution >= 4 is 32.8 Å². The molecule has 5 heteroatoms. The van der Waals surface area contributed by atoms with Crippen molar-refractivity contribution in [1.82, 2.24) is 14.1 Å². The number of para-hydroxylation sites is 2. The fourth-order valence-corrected chi connectivity index (χ4v) is 8.28. The van der Waals surface area contributed by atoms with Crippen LogP contribution in [0.2, 0.25) is 0 Å². The molecule has 0 N–H and O–H groups in total. The van der Waals surface area contributed by atoms with Gasteiger partial charge in [0.15, 0.2) is 0 Å². The van der Waals surface area contributed by atoms with E-state index in [0.29, 0.717) is 39.6 Å². The first-order valence-corrected chi connectivity index (χ1v) is 20.6. The smallest absolute Gasteiger partial charge is 0.269 e. The van der Waals surface area contributed by atoms with Gasteiger partial charge in [-0.1, -0.05) is 159 Å². The molecule has 0 radical (unpaired) electrons. The molecule has 0 fully saturated rings. The summed E-state index contributed by atoms with van der Waals surface area (Å²) in [6.07, 6.45) is 3.53. The van der Waals surface area contributed by atoms with Gasteiger partial charge in [0.1, 0.15) is 17.3 Å². The number of nitrogens with zero attached hydrogens (tertiary/aromatic N) is 4. The molecule has 3 aromatic heterocycles. The highest BCUT2D eigenvalue weighted by Gasteiger charge is 2.21. The molecule has 0 aliphatic rings. The minimum absolute atomic E-state index is 0.132. The van der Waals surface area contributed by atoms with Crippen LogP contribution < -0.4 is 9.30 Å². The van der Waals surface area contributed by atoms with E-state index in [9.17, 15) is 0 Å². The van der Waals surface area contributed by atoms with Gasteiger partial charge in [-0.25, -0.2) is 4.98 Å². The predicted molar refractivity (Wildman–Crippen MR) is 257 cm³/mol. The van der Waals surface area contributed by atoms with Crippen LogP contribution in [0.15, 0.2) is 212 Å². The van der Waals surface area contributed by atoms with Crippen molar-refractivity contribution in [3.63, 3.8) is 0 Å². The third-order valence-electron chi connectivity index (χ3n) is 10.9.